The van der Waals surface area contributed by atoms with E-state index in [-0.39, 0.29) is 9.80 Å². The summed E-state index contributed by atoms with van der Waals surface area (Å²) >= 11 is 0. The van der Waals surface area contributed by atoms with Crippen molar-refractivity contribution in [1.82, 2.24) is 0 Å². The van der Waals surface area contributed by atoms with Gasteiger partial charge in [0.05, 0.1) is 24.0 Å². The molecular formula is C23H22O4S. The first kappa shape index (κ1) is 19.7. The zero-order chi connectivity index (χ0) is 20.1. The molecular weight excluding hydrogens is 372 g/mol. The van der Waals surface area contributed by atoms with E-state index in [1.807, 2.05) is 19.1 Å². The summed E-state index contributed by atoms with van der Waals surface area (Å²) < 4.78 is 37.2. The van der Waals surface area contributed by atoms with Crippen molar-refractivity contribution in [3.8, 4) is 11.5 Å². The summed E-state index contributed by atoms with van der Waals surface area (Å²) in [6, 6.07) is 21.1. The molecule has 0 heterocycles. The summed E-state index contributed by atoms with van der Waals surface area (Å²) in [6.07, 6.45) is 1.68. The summed E-state index contributed by atoms with van der Waals surface area (Å²) in [7, 11) is -0.547. The van der Waals surface area contributed by atoms with Crippen molar-refractivity contribution in [1.29, 1.82) is 0 Å². The molecule has 0 saturated carbocycles. The molecule has 0 aromatic heterocycles. The molecule has 144 valence electrons. The predicted octanol–water partition coefficient (Wildman–Crippen LogP) is 4.98. The van der Waals surface area contributed by atoms with Crippen LogP contribution in [0.5, 0.6) is 11.5 Å². The van der Waals surface area contributed by atoms with Crippen molar-refractivity contribution >= 4 is 20.8 Å². The molecule has 0 amide bonds. The lowest BCUT2D eigenvalue weighted by Crippen LogP contribution is -2.04. The van der Waals surface area contributed by atoms with Gasteiger partial charge in [0.15, 0.2) is 0 Å². The van der Waals surface area contributed by atoms with Crippen molar-refractivity contribution < 1.29 is 17.9 Å². The normalized spacial score (nSPS) is 11.9. The summed E-state index contributed by atoms with van der Waals surface area (Å²) in [5, 5.41) is 0. The average molecular weight is 394 g/mol. The van der Waals surface area contributed by atoms with Gasteiger partial charge in [-0.15, -0.1) is 0 Å². The second-order valence-electron chi connectivity index (χ2n) is 6.33. The molecule has 0 N–H and O–H groups in total. The summed E-state index contributed by atoms with van der Waals surface area (Å²) in [5.41, 5.74) is 2.36. The first-order valence-corrected chi connectivity index (χ1v) is 10.2. The van der Waals surface area contributed by atoms with Crippen LogP contribution >= 0.6 is 0 Å². The van der Waals surface area contributed by atoms with Gasteiger partial charge in [-0.05, 0) is 72.7 Å². The highest BCUT2D eigenvalue weighted by molar-refractivity contribution is 8.00. The van der Waals surface area contributed by atoms with Crippen LogP contribution in [0.1, 0.15) is 16.7 Å². The second-order valence-corrected chi connectivity index (χ2v) is 8.24. The molecule has 0 bridgehead atoms. The number of aryl methyl sites for hydroxylation is 1. The van der Waals surface area contributed by atoms with E-state index in [4.69, 9.17) is 9.47 Å². The van der Waals surface area contributed by atoms with Gasteiger partial charge in [0, 0.05) is 0 Å². The van der Waals surface area contributed by atoms with Gasteiger partial charge in [-0.2, -0.15) is 0 Å². The number of methoxy groups -OCH3 is 2. The van der Waals surface area contributed by atoms with E-state index in [9.17, 15) is 8.42 Å². The highest BCUT2D eigenvalue weighted by Gasteiger charge is 2.22. The van der Waals surface area contributed by atoms with Crippen LogP contribution in [-0.4, -0.2) is 22.6 Å². The van der Waals surface area contributed by atoms with Crippen LogP contribution in [0.4, 0.5) is 0 Å². The third-order valence-corrected chi connectivity index (χ3v) is 6.23. The Hall–Kier alpha value is -3.05. The molecule has 3 aromatic rings. The average Bonchev–Trinajstić information content (AvgIpc) is 2.73. The van der Waals surface area contributed by atoms with Crippen LogP contribution in [0.2, 0.25) is 0 Å². The van der Waals surface area contributed by atoms with Crippen molar-refractivity contribution in [2.24, 2.45) is 0 Å². The molecule has 0 atom stereocenters. The maximum absolute atomic E-state index is 13.4. The third-order valence-electron chi connectivity index (χ3n) is 4.41. The van der Waals surface area contributed by atoms with E-state index in [0.717, 1.165) is 11.1 Å². The summed E-state index contributed by atoms with van der Waals surface area (Å²) in [4.78, 5) is 0.484. The second kappa shape index (κ2) is 8.31. The molecule has 0 unspecified atom stereocenters. The van der Waals surface area contributed by atoms with Crippen LogP contribution in [0.25, 0.3) is 11.0 Å². The van der Waals surface area contributed by atoms with Gasteiger partial charge in [-0.3, -0.25) is 0 Å². The molecule has 0 aliphatic carbocycles. The molecule has 0 saturated heterocycles. The topological polar surface area (TPSA) is 52.6 Å². The van der Waals surface area contributed by atoms with Crippen LogP contribution in [0, 0.1) is 6.92 Å². The minimum absolute atomic E-state index is 0.226. The van der Waals surface area contributed by atoms with Gasteiger partial charge >= 0.3 is 0 Å². The summed E-state index contributed by atoms with van der Waals surface area (Å²) in [5.74, 6) is 1.38. The zero-order valence-corrected chi connectivity index (χ0v) is 16.9. The lowest BCUT2D eigenvalue weighted by Gasteiger charge is -2.12. The quantitative estimate of drug-likeness (QED) is 0.553. The maximum Gasteiger partial charge on any atom is 0.207 e. The van der Waals surface area contributed by atoms with Crippen LogP contribution in [0.3, 0.4) is 0 Å². The highest BCUT2D eigenvalue weighted by atomic mass is 32.2. The summed E-state index contributed by atoms with van der Waals surface area (Å²) in [6.45, 7) is 1.92. The first-order chi connectivity index (χ1) is 13.4. The number of hydrogen-bond acceptors (Lipinski definition) is 4. The number of benzene rings is 3. The predicted molar refractivity (Wildman–Crippen MR) is 112 cm³/mol. The number of sulfone groups is 1. The Labute approximate surface area is 166 Å². The van der Waals surface area contributed by atoms with E-state index in [2.05, 4.69) is 0 Å². The Morgan fingerprint density at radius 3 is 1.75 bits per heavy atom. The Bertz CT molecular complexity index is 1060. The van der Waals surface area contributed by atoms with Gasteiger partial charge in [-0.1, -0.05) is 29.8 Å². The lowest BCUT2D eigenvalue weighted by atomic mass is 10.1. The van der Waals surface area contributed by atoms with Crippen molar-refractivity contribution in [3.05, 3.63) is 89.5 Å². The molecule has 3 rings (SSSR count). The molecule has 3 aromatic carbocycles. The van der Waals surface area contributed by atoms with Crippen LogP contribution in [0.15, 0.2) is 77.7 Å². The van der Waals surface area contributed by atoms with Gasteiger partial charge in [-0.25, -0.2) is 8.42 Å². The molecule has 0 fully saturated rings. The molecule has 28 heavy (non-hydrogen) atoms. The van der Waals surface area contributed by atoms with E-state index < -0.39 is 9.84 Å². The van der Waals surface area contributed by atoms with Gasteiger partial charge in [0.1, 0.15) is 11.5 Å². The van der Waals surface area contributed by atoms with Gasteiger partial charge in [0.25, 0.3) is 0 Å². The minimum Gasteiger partial charge on any atom is -0.497 e. The fourth-order valence-corrected chi connectivity index (χ4v) is 4.25. The van der Waals surface area contributed by atoms with Crippen molar-refractivity contribution in [3.63, 3.8) is 0 Å². The maximum atomic E-state index is 13.4. The molecule has 5 heteroatoms. The van der Waals surface area contributed by atoms with E-state index in [1.54, 1.807) is 81.0 Å². The highest BCUT2D eigenvalue weighted by Crippen LogP contribution is 2.31. The number of ether oxygens (including phenoxy) is 2. The SMILES string of the molecule is COc1ccc(/C=C(\c2ccc(OC)cc2)S(=O)(=O)c2ccc(C)cc2)cc1. The molecule has 0 aliphatic heterocycles. The Kier molecular flexibility index (Phi) is 5.85. The monoisotopic (exact) mass is 394 g/mol. The van der Waals surface area contributed by atoms with E-state index >= 15 is 0 Å². The standard InChI is InChI=1S/C23H22O4S/c1-17-4-14-22(15-5-17)28(24,25)23(19-8-12-21(27-3)13-9-19)16-18-6-10-20(26-2)11-7-18/h4-16H,1-3H3/b23-16+. The van der Waals surface area contributed by atoms with Gasteiger partial charge in [0.2, 0.25) is 9.84 Å². The molecule has 0 spiro atoms. The minimum atomic E-state index is -3.72. The zero-order valence-electron chi connectivity index (χ0n) is 16.0. The Morgan fingerprint density at radius 2 is 1.25 bits per heavy atom. The van der Waals surface area contributed by atoms with Gasteiger partial charge < -0.3 is 9.47 Å². The third kappa shape index (κ3) is 4.26. The molecule has 4 nitrogen and oxygen atoms in total. The molecule has 0 aliphatic rings. The fourth-order valence-electron chi connectivity index (χ4n) is 2.77. The first-order valence-electron chi connectivity index (χ1n) is 8.76. The lowest BCUT2D eigenvalue weighted by molar-refractivity contribution is 0.414. The van der Waals surface area contributed by atoms with Crippen LogP contribution < -0.4 is 9.47 Å². The van der Waals surface area contributed by atoms with Crippen molar-refractivity contribution in [2.75, 3.05) is 14.2 Å². The Morgan fingerprint density at radius 1 is 0.750 bits per heavy atom. The largest absolute Gasteiger partial charge is 0.497 e. The number of rotatable bonds is 6. The van der Waals surface area contributed by atoms with E-state index in [1.165, 1.54) is 0 Å². The molecule has 0 radical (unpaired) electrons. The smallest absolute Gasteiger partial charge is 0.207 e. The Balaban J connectivity index is 2.14. The van der Waals surface area contributed by atoms with Crippen molar-refractivity contribution in [2.45, 2.75) is 11.8 Å². The fraction of sp³-hybridized carbons (Fsp3) is 0.130. The number of hydrogen-bond donors (Lipinski definition) is 0. The van der Waals surface area contributed by atoms with Crippen LogP contribution in [-0.2, 0) is 9.84 Å². The van der Waals surface area contributed by atoms with E-state index in [0.29, 0.717) is 17.1 Å².